The molecule has 0 fully saturated rings. The lowest BCUT2D eigenvalue weighted by Gasteiger charge is -2.27. The molecule has 174 valence electrons. The Labute approximate surface area is 204 Å². The van der Waals surface area contributed by atoms with Crippen LogP contribution in [0.1, 0.15) is 22.3 Å². The minimum Gasteiger partial charge on any atom is -0.493 e. The lowest BCUT2D eigenvalue weighted by molar-refractivity contribution is 0.353. The summed E-state index contributed by atoms with van der Waals surface area (Å²) in [6.45, 7) is 0. The molecular formula is C29H24N2O4. The number of hydrogen-bond acceptors (Lipinski definition) is 6. The van der Waals surface area contributed by atoms with Gasteiger partial charge < -0.3 is 18.9 Å². The normalized spacial score (nSPS) is 16.4. The monoisotopic (exact) mass is 464 g/mol. The average Bonchev–Trinajstić information content (AvgIpc) is 3.19. The molecule has 35 heavy (non-hydrogen) atoms. The van der Waals surface area contributed by atoms with Gasteiger partial charge in [-0.15, -0.1) is 0 Å². The van der Waals surface area contributed by atoms with Crippen molar-refractivity contribution in [3.63, 3.8) is 0 Å². The number of nitriles is 2. The van der Waals surface area contributed by atoms with Crippen molar-refractivity contribution >= 4 is 11.6 Å². The van der Waals surface area contributed by atoms with Crippen molar-refractivity contribution in [3.05, 3.63) is 94.6 Å². The van der Waals surface area contributed by atoms with E-state index in [1.807, 2.05) is 48.6 Å². The zero-order valence-corrected chi connectivity index (χ0v) is 20.0. The van der Waals surface area contributed by atoms with Crippen LogP contribution in [0, 0.1) is 22.7 Å². The van der Waals surface area contributed by atoms with Crippen molar-refractivity contribution in [1.29, 1.82) is 10.5 Å². The Balaban J connectivity index is 2.07. The molecule has 1 aliphatic rings. The summed E-state index contributed by atoms with van der Waals surface area (Å²) in [5, 5.41) is 21.1. The van der Waals surface area contributed by atoms with Crippen molar-refractivity contribution in [2.45, 2.75) is 5.41 Å². The molecule has 0 radical (unpaired) electrons. The van der Waals surface area contributed by atoms with Crippen LogP contribution in [-0.2, 0) is 5.41 Å². The van der Waals surface area contributed by atoms with E-state index >= 15 is 0 Å². The molecule has 0 heterocycles. The maximum atomic E-state index is 10.8. The van der Waals surface area contributed by atoms with Gasteiger partial charge in [-0.25, -0.2) is 0 Å². The Bertz CT molecular complexity index is 1410. The fraction of sp³-hybridized carbons (Fsp3) is 0.172. The van der Waals surface area contributed by atoms with Crippen LogP contribution in [0.3, 0.4) is 0 Å². The van der Waals surface area contributed by atoms with Gasteiger partial charge in [-0.05, 0) is 46.5 Å². The van der Waals surface area contributed by atoms with Crippen LogP contribution in [0.15, 0.2) is 72.3 Å². The van der Waals surface area contributed by atoms with Crippen LogP contribution in [0.4, 0.5) is 0 Å². The van der Waals surface area contributed by atoms with Gasteiger partial charge in [-0.3, -0.25) is 0 Å². The number of nitrogens with zero attached hydrogens (tertiary/aromatic N) is 2. The first kappa shape index (κ1) is 23.5. The van der Waals surface area contributed by atoms with Crippen LogP contribution in [0.5, 0.6) is 23.0 Å². The molecule has 0 N–H and O–H groups in total. The second kappa shape index (κ2) is 9.67. The van der Waals surface area contributed by atoms with Crippen LogP contribution in [0.2, 0.25) is 0 Å². The quantitative estimate of drug-likeness (QED) is 0.457. The standard InChI is InChI=1S/C29H24N2O4/c1-32-25-13-11-20(14-26(25)33-2)29(18-31)23(12-10-19-8-6-5-7-9-19)22(17-30)21-15-27(34-3)28(35-4)16-24(21)29/h5-16H,1-4H3/b12-10+. The van der Waals surface area contributed by atoms with Gasteiger partial charge in [-0.1, -0.05) is 48.6 Å². The second-order valence-corrected chi connectivity index (χ2v) is 7.83. The number of hydrogen-bond donors (Lipinski definition) is 0. The third-order valence-electron chi connectivity index (χ3n) is 6.21. The maximum absolute atomic E-state index is 10.8. The van der Waals surface area contributed by atoms with Crippen LogP contribution < -0.4 is 18.9 Å². The lowest BCUT2D eigenvalue weighted by Crippen LogP contribution is -2.26. The third kappa shape index (κ3) is 3.76. The van der Waals surface area contributed by atoms with Gasteiger partial charge in [0, 0.05) is 5.56 Å². The summed E-state index contributed by atoms with van der Waals surface area (Å²) in [5.74, 6) is 1.97. The molecule has 1 atom stereocenters. The predicted molar refractivity (Wildman–Crippen MR) is 133 cm³/mol. The molecule has 0 spiro atoms. The summed E-state index contributed by atoms with van der Waals surface area (Å²) in [6, 6.07) is 23.5. The Morgan fingerprint density at radius 2 is 1.34 bits per heavy atom. The molecule has 6 nitrogen and oxygen atoms in total. The first-order chi connectivity index (χ1) is 17.1. The van der Waals surface area contributed by atoms with Crippen molar-refractivity contribution in [2.24, 2.45) is 0 Å². The number of ether oxygens (including phenoxy) is 4. The molecule has 1 aliphatic carbocycles. The molecular weight excluding hydrogens is 440 g/mol. The molecule has 3 aromatic carbocycles. The van der Waals surface area contributed by atoms with E-state index in [9.17, 15) is 10.5 Å². The van der Waals surface area contributed by atoms with Gasteiger partial charge in [0.1, 0.15) is 11.5 Å². The van der Waals surface area contributed by atoms with E-state index in [0.29, 0.717) is 50.8 Å². The van der Waals surface area contributed by atoms with E-state index in [-0.39, 0.29) is 0 Å². The SMILES string of the molecule is COc1ccc(C2(C#N)C(/C=C/c3ccccc3)=C(C#N)c3cc(OC)c(OC)cc32)cc1OC. The zero-order valence-electron chi connectivity index (χ0n) is 20.0. The highest BCUT2D eigenvalue weighted by atomic mass is 16.5. The van der Waals surface area contributed by atoms with Crippen LogP contribution >= 0.6 is 0 Å². The molecule has 0 aliphatic heterocycles. The summed E-state index contributed by atoms with van der Waals surface area (Å²) in [5.41, 5.74) is 2.49. The van der Waals surface area contributed by atoms with Crippen LogP contribution in [-0.4, -0.2) is 28.4 Å². The van der Waals surface area contributed by atoms with Crippen molar-refractivity contribution in [1.82, 2.24) is 0 Å². The van der Waals surface area contributed by atoms with E-state index in [1.165, 1.54) is 7.11 Å². The fourth-order valence-corrected chi connectivity index (χ4v) is 4.51. The average molecular weight is 465 g/mol. The summed E-state index contributed by atoms with van der Waals surface area (Å²) in [4.78, 5) is 0. The van der Waals surface area contributed by atoms with E-state index < -0.39 is 5.41 Å². The van der Waals surface area contributed by atoms with E-state index in [2.05, 4.69) is 12.1 Å². The minimum atomic E-state index is -1.30. The molecule has 0 bridgehead atoms. The van der Waals surface area contributed by atoms with Gasteiger partial charge in [-0.2, -0.15) is 10.5 Å². The summed E-state index contributed by atoms with van der Waals surface area (Å²) < 4.78 is 22.0. The number of methoxy groups -OCH3 is 4. The summed E-state index contributed by atoms with van der Waals surface area (Å²) in [6.07, 6.45) is 3.74. The number of benzene rings is 3. The molecule has 4 rings (SSSR count). The number of rotatable bonds is 7. The minimum absolute atomic E-state index is 0.393. The molecule has 0 saturated heterocycles. The van der Waals surface area contributed by atoms with Crippen molar-refractivity contribution < 1.29 is 18.9 Å². The van der Waals surface area contributed by atoms with Crippen LogP contribution in [0.25, 0.3) is 11.6 Å². The molecule has 1 unspecified atom stereocenters. The third-order valence-corrected chi connectivity index (χ3v) is 6.21. The molecule has 0 amide bonds. The Kier molecular flexibility index (Phi) is 6.48. The largest absolute Gasteiger partial charge is 0.493 e. The summed E-state index contributed by atoms with van der Waals surface area (Å²) >= 11 is 0. The van der Waals surface area contributed by atoms with Gasteiger partial charge in [0.15, 0.2) is 23.0 Å². The van der Waals surface area contributed by atoms with Gasteiger partial charge in [0.25, 0.3) is 0 Å². The molecule has 6 heteroatoms. The Morgan fingerprint density at radius 3 is 1.94 bits per heavy atom. The second-order valence-electron chi connectivity index (χ2n) is 7.83. The molecule has 0 aromatic heterocycles. The Morgan fingerprint density at radius 1 is 0.714 bits per heavy atom. The van der Waals surface area contributed by atoms with Gasteiger partial charge in [0.05, 0.1) is 40.1 Å². The number of allylic oxidation sites excluding steroid dienone is 3. The summed E-state index contributed by atoms with van der Waals surface area (Å²) in [7, 11) is 6.18. The number of fused-ring (bicyclic) bond motifs is 1. The van der Waals surface area contributed by atoms with E-state index in [1.54, 1.807) is 45.6 Å². The lowest BCUT2D eigenvalue weighted by atomic mass is 9.72. The predicted octanol–water partition coefficient (Wildman–Crippen LogP) is 5.53. The highest BCUT2D eigenvalue weighted by Gasteiger charge is 2.47. The Hall–Kier alpha value is -4.68. The smallest absolute Gasteiger partial charge is 0.161 e. The highest BCUT2D eigenvalue weighted by molar-refractivity contribution is 5.94. The van der Waals surface area contributed by atoms with Crippen molar-refractivity contribution in [2.75, 3.05) is 28.4 Å². The molecule has 3 aromatic rings. The van der Waals surface area contributed by atoms with Gasteiger partial charge in [0.2, 0.25) is 0 Å². The highest BCUT2D eigenvalue weighted by Crippen LogP contribution is 2.54. The van der Waals surface area contributed by atoms with Crippen molar-refractivity contribution in [3.8, 4) is 35.1 Å². The van der Waals surface area contributed by atoms with E-state index in [0.717, 1.165) is 5.56 Å². The topological polar surface area (TPSA) is 84.5 Å². The fourth-order valence-electron chi connectivity index (χ4n) is 4.51. The first-order valence-electron chi connectivity index (χ1n) is 10.9. The zero-order chi connectivity index (χ0) is 25.0. The molecule has 0 saturated carbocycles. The van der Waals surface area contributed by atoms with Gasteiger partial charge >= 0.3 is 0 Å². The van der Waals surface area contributed by atoms with E-state index in [4.69, 9.17) is 18.9 Å². The maximum Gasteiger partial charge on any atom is 0.161 e. The first-order valence-corrected chi connectivity index (χ1v) is 10.9.